The van der Waals surface area contributed by atoms with Gasteiger partial charge in [0, 0.05) is 29.4 Å². The van der Waals surface area contributed by atoms with Crippen LogP contribution in [0.5, 0.6) is 0 Å². The van der Waals surface area contributed by atoms with E-state index in [1.165, 1.54) is 24.1 Å². The van der Waals surface area contributed by atoms with Crippen molar-refractivity contribution in [2.75, 3.05) is 6.54 Å². The van der Waals surface area contributed by atoms with Gasteiger partial charge in [-0.2, -0.15) is 0 Å². The number of H-pyrrole nitrogens is 1. The Morgan fingerprint density at radius 3 is 2.89 bits per heavy atom. The van der Waals surface area contributed by atoms with Crippen molar-refractivity contribution >= 4 is 11.6 Å². The van der Waals surface area contributed by atoms with Gasteiger partial charge in [0.15, 0.2) is 0 Å². The topological polar surface area (TPSA) is 40.7 Å². The molecule has 0 aliphatic heterocycles. The van der Waals surface area contributed by atoms with Gasteiger partial charge in [-0.25, -0.2) is 4.98 Å². The summed E-state index contributed by atoms with van der Waals surface area (Å²) in [7, 11) is 0. The van der Waals surface area contributed by atoms with Crippen LogP contribution in [0, 0.1) is 5.92 Å². The minimum atomic E-state index is 0.708. The summed E-state index contributed by atoms with van der Waals surface area (Å²) in [4.78, 5) is 7.29. The van der Waals surface area contributed by atoms with Gasteiger partial charge in [0.05, 0.1) is 6.33 Å². The molecule has 0 saturated heterocycles. The van der Waals surface area contributed by atoms with Crippen molar-refractivity contribution in [1.82, 2.24) is 15.3 Å². The highest BCUT2D eigenvalue weighted by Crippen LogP contribution is 2.48. The Kier molecular flexibility index (Phi) is 3.85. The van der Waals surface area contributed by atoms with E-state index in [2.05, 4.69) is 27.4 Å². The second-order valence-electron chi connectivity index (χ2n) is 5.20. The molecular formula is C15H18ClN3. The molecule has 4 heteroatoms. The molecule has 2 aromatic rings. The minimum absolute atomic E-state index is 0.708. The molecule has 1 heterocycles. The Morgan fingerprint density at radius 2 is 2.16 bits per heavy atom. The Labute approximate surface area is 118 Å². The van der Waals surface area contributed by atoms with Crippen LogP contribution < -0.4 is 5.32 Å². The molecule has 0 amide bonds. The lowest BCUT2D eigenvalue weighted by Crippen LogP contribution is -2.15. The summed E-state index contributed by atoms with van der Waals surface area (Å²) >= 11 is 5.86. The van der Waals surface area contributed by atoms with Crippen LogP contribution in [0.4, 0.5) is 0 Å². The predicted molar refractivity (Wildman–Crippen MR) is 77.2 cm³/mol. The van der Waals surface area contributed by atoms with Gasteiger partial charge in [-0.15, -0.1) is 0 Å². The minimum Gasteiger partial charge on any atom is -0.348 e. The lowest BCUT2D eigenvalue weighted by atomic mass is 10.2. The molecule has 0 bridgehead atoms. The summed E-state index contributed by atoms with van der Waals surface area (Å²) in [5.74, 6) is 1.53. The van der Waals surface area contributed by atoms with Gasteiger partial charge in [-0.1, -0.05) is 23.7 Å². The van der Waals surface area contributed by atoms with E-state index in [-0.39, 0.29) is 0 Å². The molecule has 1 saturated carbocycles. The van der Waals surface area contributed by atoms with Crippen LogP contribution in [0.3, 0.4) is 0 Å². The highest BCUT2D eigenvalue weighted by atomic mass is 35.5. The first-order chi connectivity index (χ1) is 9.33. The number of hydrogen-bond acceptors (Lipinski definition) is 2. The smallest absolute Gasteiger partial charge is 0.0921 e. The lowest BCUT2D eigenvalue weighted by molar-refractivity contribution is 0.602. The maximum atomic E-state index is 5.86. The number of aromatic amines is 1. The van der Waals surface area contributed by atoms with Crippen LogP contribution in [-0.4, -0.2) is 16.5 Å². The molecule has 1 aromatic heterocycles. The SMILES string of the molecule is Clc1ccc(CNCCC2C[C@H]2c2cnc[nH]2)cc1. The molecule has 100 valence electrons. The maximum absolute atomic E-state index is 5.86. The first kappa shape index (κ1) is 12.7. The number of hydrogen-bond donors (Lipinski definition) is 2. The lowest BCUT2D eigenvalue weighted by Gasteiger charge is -2.04. The summed E-state index contributed by atoms with van der Waals surface area (Å²) in [5, 5.41) is 4.28. The molecule has 2 N–H and O–H groups in total. The molecule has 1 unspecified atom stereocenters. The van der Waals surface area contributed by atoms with E-state index < -0.39 is 0 Å². The van der Waals surface area contributed by atoms with Crippen LogP contribution >= 0.6 is 11.6 Å². The molecule has 0 spiro atoms. The van der Waals surface area contributed by atoms with Crippen LogP contribution in [-0.2, 0) is 6.54 Å². The Hall–Kier alpha value is -1.32. The standard InChI is InChI=1S/C15H18ClN3/c16-13-3-1-11(2-4-13)8-17-6-5-12-7-14(12)15-9-18-10-19-15/h1-4,9-10,12,14,17H,5-8H2,(H,18,19)/t12?,14-/m1/s1. The number of halogens is 1. The fourth-order valence-electron chi connectivity index (χ4n) is 2.54. The van der Waals surface area contributed by atoms with Crippen molar-refractivity contribution in [3.05, 3.63) is 53.1 Å². The third-order valence-electron chi connectivity index (χ3n) is 3.78. The molecule has 1 aliphatic carbocycles. The molecule has 2 atom stereocenters. The van der Waals surface area contributed by atoms with Gasteiger partial charge >= 0.3 is 0 Å². The van der Waals surface area contributed by atoms with Crippen molar-refractivity contribution in [2.45, 2.75) is 25.3 Å². The average Bonchev–Trinajstić information content (AvgIpc) is 2.98. The van der Waals surface area contributed by atoms with Crippen molar-refractivity contribution in [3.8, 4) is 0 Å². The first-order valence-corrected chi connectivity index (χ1v) is 7.14. The van der Waals surface area contributed by atoms with E-state index in [0.717, 1.165) is 24.0 Å². The van der Waals surface area contributed by atoms with E-state index in [0.29, 0.717) is 5.92 Å². The fraction of sp³-hybridized carbons (Fsp3) is 0.400. The molecule has 1 aromatic carbocycles. The Morgan fingerprint density at radius 1 is 1.32 bits per heavy atom. The van der Waals surface area contributed by atoms with E-state index >= 15 is 0 Å². The number of rotatable bonds is 6. The number of imidazole rings is 1. The second kappa shape index (κ2) is 5.76. The van der Waals surface area contributed by atoms with E-state index in [1.54, 1.807) is 6.33 Å². The Bertz CT molecular complexity index is 507. The average molecular weight is 276 g/mol. The van der Waals surface area contributed by atoms with Gasteiger partial charge in [0.1, 0.15) is 0 Å². The number of benzene rings is 1. The molecule has 19 heavy (non-hydrogen) atoms. The van der Waals surface area contributed by atoms with Gasteiger partial charge < -0.3 is 10.3 Å². The predicted octanol–water partition coefficient (Wildman–Crippen LogP) is 3.35. The largest absolute Gasteiger partial charge is 0.348 e. The third-order valence-corrected chi connectivity index (χ3v) is 4.03. The van der Waals surface area contributed by atoms with Gasteiger partial charge in [-0.05, 0) is 43.0 Å². The molecule has 1 fully saturated rings. The second-order valence-corrected chi connectivity index (χ2v) is 5.64. The Balaban J connectivity index is 1.35. The molecule has 3 nitrogen and oxygen atoms in total. The van der Waals surface area contributed by atoms with Crippen molar-refractivity contribution in [3.63, 3.8) is 0 Å². The van der Waals surface area contributed by atoms with E-state index in [9.17, 15) is 0 Å². The summed E-state index contributed by atoms with van der Waals surface area (Å²) in [5.41, 5.74) is 2.58. The molecule has 1 aliphatic rings. The molecule has 0 radical (unpaired) electrons. The van der Waals surface area contributed by atoms with E-state index in [1.807, 2.05) is 18.3 Å². The van der Waals surface area contributed by atoms with Crippen molar-refractivity contribution in [2.24, 2.45) is 5.92 Å². The third kappa shape index (κ3) is 3.37. The number of nitrogens with zero attached hydrogens (tertiary/aromatic N) is 1. The van der Waals surface area contributed by atoms with Crippen LogP contribution in [0.25, 0.3) is 0 Å². The highest BCUT2D eigenvalue weighted by Gasteiger charge is 2.38. The van der Waals surface area contributed by atoms with Crippen molar-refractivity contribution in [1.29, 1.82) is 0 Å². The van der Waals surface area contributed by atoms with Crippen LogP contribution in [0.2, 0.25) is 5.02 Å². The summed E-state index contributed by atoms with van der Waals surface area (Å²) in [6, 6.07) is 8.02. The van der Waals surface area contributed by atoms with Crippen LogP contribution in [0.15, 0.2) is 36.8 Å². The summed E-state index contributed by atoms with van der Waals surface area (Å²) < 4.78 is 0. The maximum Gasteiger partial charge on any atom is 0.0921 e. The van der Waals surface area contributed by atoms with Gasteiger partial charge in [0.2, 0.25) is 0 Å². The highest BCUT2D eigenvalue weighted by molar-refractivity contribution is 6.30. The van der Waals surface area contributed by atoms with Crippen LogP contribution in [0.1, 0.15) is 30.0 Å². The number of nitrogens with one attached hydrogen (secondary N) is 2. The summed E-state index contributed by atoms with van der Waals surface area (Å²) in [6.45, 7) is 1.98. The molecule has 3 rings (SSSR count). The zero-order chi connectivity index (χ0) is 13.1. The normalized spacial score (nSPS) is 21.5. The van der Waals surface area contributed by atoms with Crippen molar-refractivity contribution < 1.29 is 0 Å². The number of aromatic nitrogens is 2. The van der Waals surface area contributed by atoms with Gasteiger partial charge in [-0.3, -0.25) is 0 Å². The molecular weight excluding hydrogens is 258 g/mol. The first-order valence-electron chi connectivity index (χ1n) is 6.76. The zero-order valence-electron chi connectivity index (χ0n) is 10.8. The monoisotopic (exact) mass is 275 g/mol. The van der Waals surface area contributed by atoms with E-state index in [4.69, 9.17) is 11.6 Å². The van der Waals surface area contributed by atoms with Gasteiger partial charge in [0.25, 0.3) is 0 Å². The fourth-order valence-corrected chi connectivity index (χ4v) is 2.67. The quantitative estimate of drug-likeness (QED) is 0.794. The summed E-state index contributed by atoms with van der Waals surface area (Å²) in [6.07, 6.45) is 6.25. The zero-order valence-corrected chi connectivity index (χ0v) is 11.5.